The van der Waals surface area contributed by atoms with Crippen molar-refractivity contribution in [2.45, 2.75) is 11.9 Å². The third-order valence-corrected chi connectivity index (χ3v) is 3.53. The molecule has 0 saturated carbocycles. The average Bonchev–Trinajstić information content (AvgIpc) is 2.09. The van der Waals surface area contributed by atoms with Gasteiger partial charge in [-0.3, -0.25) is 0 Å². The van der Waals surface area contributed by atoms with Gasteiger partial charge in [-0.15, -0.1) is 0 Å². The van der Waals surface area contributed by atoms with E-state index in [-0.39, 0.29) is 0 Å². The van der Waals surface area contributed by atoms with Gasteiger partial charge in [0.2, 0.25) is 0 Å². The van der Waals surface area contributed by atoms with Crippen molar-refractivity contribution < 1.29 is 0 Å². The van der Waals surface area contributed by atoms with Crippen LogP contribution < -0.4 is 5.73 Å². The first-order valence-corrected chi connectivity index (χ1v) is 6.07. The predicted molar refractivity (Wildman–Crippen MR) is 56.3 cm³/mol. The van der Waals surface area contributed by atoms with Gasteiger partial charge < -0.3 is 5.73 Å². The number of hydrogen-bond acceptors (Lipinski definition) is 4. The Morgan fingerprint density at radius 1 is 1.50 bits per heavy atom. The fourth-order valence-electron chi connectivity index (χ4n) is 0.654. The van der Waals surface area contributed by atoms with Crippen molar-refractivity contribution in [2.75, 3.05) is 12.3 Å². The van der Waals surface area contributed by atoms with Crippen LogP contribution >= 0.6 is 21.6 Å². The summed E-state index contributed by atoms with van der Waals surface area (Å²) in [6.07, 6.45) is 1.88. The zero-order valence-corrected chi connectivity index (χ0v) is 8.62. The lowest BCUT2D eigenvalue weighted by Gasteiger charge is -1.98. The first-order chi connectivity index (χ1) is 5.83. The lowest BCUT2D eigenvalue weighted by atomic mass is 10.3. The largest absolute Gasteiger partial charge is 0.330 e. The second-order valence-corrected chi connectivity index (χ2v) is 4.80. The van der Waals surface area contributed by atoms with Crippen LogP contribution in [0, 0.1) is 6.92 Å². The van der Waals surface area contributed by atoms with Crippen molar-refractivity contribution in [3.8, 4) is 0 Å². The zero-order chi connectivity index (χ0) is 8.81. The maximum Gasteiger partial charge on any atom is 0.106 e. The number of rotatable bonds is 4. The molecule has 0 bridgehead atoms. The Hall–Kier alpha value is -0.190. The fourth-order valence-corrected chi connectivity index (χ4v) is 2.37. The molecule has 0 aromatic carbocycles. The van der Waals surface area contributed by atoms with E-state index in [0.29, 0.717) is 0 Å². The summed E-state index contributed by atoms with van der Waals surface area (Å²) in [5.41, 5.74) is 6.56. The second-order valence-electron chi connectivity index (χ2n) is 2.37. The summed E-state index contributed by atoms with van der Waals surface area (Å²) in [4.78, 5) is 4.25. The molecule has 12 heavy (non-hydrogen) atoms. The molecule has 1 aromatic heterocycles. The third-order valence-electron chi connectivity index (χ3n) is 1.23. The Morgan fingerprint density at radius 3 is 2.92 bits per heavy atom. The summed E-state index contributed by atoms with van der Waals surface area (Å²) in [6, 6.07) is 4.10. The molecule has 0 amide bonds. The molecule has 4 heteroatoms. The highest BCUT2D eigenvalue weighted by Gasteiger charge is 1.94. The molecular weight excluding hydrogens is 188 g/mol. The van der Waals surface area contributed by atoms with Gasteiger partial charge >= 0.3 is 0 Å². The SMILES string of the molecule is Cc1ccc(SSCCN)nc1. The molecule has 0 fully saturated rings. The van der Waals surface area contributed by atoms with E-state index in [0.717, 1.165) is 17.3 Å². The lowest BCUT2D eigenvalue weighted by molar-refractivity contribution is 1.11. The van der Waals surface area contributed by atoms with Crippen LogP contribution in [0.3, 0.4) is 0 Å². The molecule has 2 nitrogen and oxygen atoms in total. The van der Waals surface area contributed by atoms with Gasteiger partial charge in [-0.1, -0.05) is 16.9 Å². The van der Waals surface area contributed by atoms with Crippen LogP contribution in [0.25, 0.3) is 0 Å². The van der Waals surface area contributed by atoms with Gasteiger partial charge in [0, 0.05) is 18.5 Å². The van der Waals surface area contributed by atoms with E-state index >= 15 is 0 Å². The second kappa shape index (κ2) is 5.45. The van der Waals surface area contributed by atoms with Gasteiger partial charge in [0.15, 0.2) is 0 Å². The van der Waals surface area contributed by atoms with E-state index in [2.05, 4.69) is 11.1 Å². The number of aryl methyl sites for hydroxylation is 1. The molecular formula is C8H12N2S2. The minimum atomic E-state index is 0.726. The van der Waals surface area contributed by atoms with E-state index < -0.39 is 0 Å². The molecule has 0 saturated heterocycles. The maximum absolute atomic E-state index is 5.36. The van der Waals surface area contributed by atoms with Crippen molar-refractivity contribution in [1.82, 2.24) is 4.98 Å². The van der Waals surface area contributed by atoms with Crippen LogP contribution in [-0.2, 0) is 0 Å². The van der Waals surface area contributed by atoms with Gasteiger partial charge in [-0.25, -0.2) is 4.98 Å². The number of nitrogens with two attached hydrogens (primary N) is 1. The first kappa shape index (κ1) is 9.89. The normalized spacial score (nSPS) is 10.2. The first-order valence-electron chi connectivity index (χ1n) is 3.75. The lowest BCUT2D eigenvalue weighted by Crippen LogP contribution is -1.99. The highest BCUT2D eigenvalue weighted by atomic mass is 33.1. The highest BCUT2D eigenvalue weighted by molar-refractivity contribution is 8.76. The summed E-state index contributed by atoms with van der Waals surface area (Å²) in [6.45, 7) is 2.76. The van der Waals surface area contributed by atoms with Crippen LogP contribution in [0.15, 0.2) is 23.4 Å². The van der Waals surface area contributed by atoms with E-state index in [1.165, 1.54) is 5.56 Å². The summed E-state index contributed by atoms with van der Waals surface area (Å²) >= 11 is 0. The molecule has 0 spiro atoms. The summed E-state index contributed by atoms with van der Waals surface area (Å²) in [5.74, 6) is 0.972. The maximum atomic E-state index is 5.36. The fraction of sp³-hybridized carbons (Fsp3) is 0.375. The monoisotopic (exact) mass is 200 g/mol. The predicted octanol–water partition coefficient (Wildman–Crippen LogP) is 2.09. The van der Waals surface area contributed by atoms with Gasteiger partial charge in [-0.2, -0.15) is 0 Å². The minimum Gasteiger partial charge on any atom is -0.330 e. The average molecular weight is 200 g/mol. The smallest absolute Gasteiger partial charge is 0.106 e. The van der Waals surface area contributed by atoms with Crippen LogP contribution in [0.1, 0.15) is 5.56 Å². The number of aromatic nitrogens is 1. The molecule has 0 aliphatic carbocycles. The Morgan fingerprint density at radius 2 is 2.33 bits per heavy atom. The van der Waals surface area contributed by atoms with E-state index in [9.17, 15) is 0 Å². The van der Waals surface area contributed by atoms with E-state index in [1.54, 1.807) is 21.6 Å². The third kappa shape index (κ3) is 3.47. The van der Waals surface area contributed by atoms with Gasteiger partial charge in [0.1, 0.15) is 5.03 Å². The number of hydrogen-bond donors (Lipinski definition) is 1. The van der Waals surface area contributed by atoms with Gasteiger partial charge in [-0.05, 0) is 29.3 Å². The Kier molecular flexibility index (Phi) is 4.50. The van der Waals surface area contributed by atoms with Crippen LogP contribution in [0.5, 0.6) is 0 Å². The zero-order valence-electron chi connectivity index (χ0n) is 6.99. The Bertz CT molecular complexity index is 223. The van der Waals surface area contributed by atoms with E-state index in [4.69, 9.17) is 5.73 Å². The number of nitrogens with zero attached hydrogens (tertiary/aromatic N) is 1. The van der Waals surface area contributed by atoms with Crippen molar-refractivity contribution in [3.63, 3.8) is 0 Å². The molecule has 0 radical (unpaired) electrons. The van der Waals surface area contributed by atoms with Crippen LogP contribution in [0.4, 0.5) is 0 Å². The topological polar surface area (TPSA) is 38.9 Å². The van der Waals surface area contributed by atoms with Crippen LogP contribution in [0.2, 0.25) is 0 Å². The molecule has 1 aromatic rings. The van der Waals surface area contributed by atoms with Crippen molar-refractivity contribution in [1.29, 1.82) is 0 Å². The summed E-state index contributed by atoms with van der Waals surface area (Å²) < 4.78 is 0. The Labute approximate surface area is 80.7 Å². The molecule has 0 aliphatic rings. The molecule has 1 heterocycles. The molecule has 0 aliphatic heterocycles. The number of pyridine rings is 1. The highest BCUT2D eigenvalue weighted by Crippen LogP contribution is 2.28. The van der Waals surface area contributed by atoms with Gasteiger partial charge in [0.05, 0.1) is 0 Å². The molecule has 0 atom stereocenters. The summed E-state index contributed by atoms with van der Waals surface area (Å²) in [5, 5.41) is 1.05. The Balaban J connectivity index is 2.37. The van der Waals surface area contributed by atoms with Gasteiger partial charge in [0.25, 0.3) is 0 Å². The standard InChI is InChI=1S/C8H12N2S2/c1-7-2-3-8(10-6-7)12-11-5-4-9/h2-3,6H,4-5,9H2,1H3. The quantitative estimate of drug-likeness (QED) is 0.596. The van der Waals surface area contributed by atoms with Crippen molar-refractivity contribution in [3.05, 3.63) is 23.9 Å². The molecule has 0 unspecified atom stereocenters. The molecule has 1 rings (SSSR count). The van der Waals surface area contributed by atoms with E-state index in [1.807, 2.05) is 19.2 Å². The minimum absolute atomic E-state index is 0.726. The molecule has 2 N–H and O–H groups in total. The van der Waals surface area contributed by atoms with Crippen molar-refractivity contribution >= 4 is 21.6 Å². The van der Waals surface area contributed by atoms with Crippen molar-refractivity contribution in [2.24, 2.45) is 5.73 Å². The summed E-state index contributed by atoms with van der Waals surface area (Å²) in [7, 11) is 3.42. The molecule has 66 valence electrons. The van der Waals surface area contributed by atoms with Crippen LogP contribution in [-0.4, -0.2) is 17.3 Å².